The maximum atomic E-state index is 4.85. The zero-order chi connectivity index (χ0) is 15.2. The van der Waals surface area contributed by atoms with E-state index < -0.39 is 0 Å². The monoisotopic (exact) mass is 292 g/mol. The number of aromatic nitrogens is 1. The molecule has 0 N–H and O–H groups in total. The molecule has 1 aromatic carbocycles. The smallest absolute Gasteiger partial charge is 0.0833 e. The van der Waals surface area contributed by atoms with Crippen molar-refractivity contribution in [3.8, 4) is 0 Å². The Kier molecular flexibility index (Phi) is 3.21. The van der Waals surface area contributed by atoms with Gasteiger partial charge in [-0.3, -0.25) is 4.98 Å². The molecule has 1 aliphatic heterocycles. The van der Waals surface area contributed by atoms with Crippen LogP contribution in [0.1, 0.15) is 61.9 Å². The Morgan fingerprint density at radius 1 is 1.05 bits per heavy atom. The highest BCUT2D eigenvalue weighted by molar-refractivity contribution is 5.62. The second-order valence-corrected chi connectivity index (χ2v) is 6.87. The summed E-state index contributed by atoms with van der Waals surface area (Å²) in [7, 11) is 0. The van der Waals surface area contributed by atoms with Crippen molar-refractivity contribution in [3.63, 3.8) is 0 Å². The maximum Gasteiger partial charge on any atom is 0.0833 e. The van der Waals surface area contributed by atoms with Gasteiger partial charge in [0, 0.05) is 11.9 Å². The Balaban J connectivity index is 1.92. The highest BCUT2D eigenvalue weighted by Gasteiger charge is 2.50. The molecular weight excluding hydrogens is 268 g/mol. The van der Waals surface area contributed by atoms with E-state index in [1.807, 2.05) is 6.20 Å². The molecule has 1 aromatic heterocycles. The maximum absolute atomic E-state index is 4.85. The molecule has 1 saturated carbocycles. The number of hydrogen-bond acceptors (Lipinski definition) is 2. The van der Waals surface area contributed by atoms with Crippen molar-refractivity contribution in [2.75, 3.05) is 4.90 Å². The van der Waals surface area contributed by atoms with Crippen LogP contribution >= 0.6 is 0 Å². The van der Waals surface area contributed by atoms with Gasteiger partial charge in [0.2, 0.25) is 0 Å². The van der Waals surface area contributed by atoms with Crippen LogP contribution in [0.4, 0.5) is 5.69 Å². The van der Waals surface area contributed by atoms with E-state index in [1.54, 1.807) is 0 Å². The minimum Gasteiger partial charge on any atom is -0.353 e. The minimum atomic E-state index is 0.111. The first-order chi connectivity index (χ1) is 10.7. The molecule has 1 fully saturated rings. The normalized spacial score (nSPS) is 22.8. The first kappa shape index (κ1) is 13.8. The molecule has 4 rings (SSSR count). The molecule has 0 radical (unpaired) electrons. The average Bonchev–Trinajstić information content (AvgIpc) is 2.79. The third-order valence-electron chi connectivity index (χ3n) is 5.63. The largest absolute Gasteiger partial charge is 0.353 e. The summed E-state index contributed by atoms with van der Waals surface area (Å²) in [4.78, 5) is 7.53. The van der Waals surface area contributed by atoms with Gasteiger partial charge in [0.15, 0.2) is 0 Å². The third-order valence-corrected chi connectivity index (χ3v) is 5.63. The lowest BCUT2D eigenvalue weighted by atomic mass is 9.78. The molecule has 2 nitrogen and oxygen atoms in total. The lowest BCUT2D eigenvalue weighted by molar-refractivity contribution is 0.278. The lowest BCUT2D eigenvalue weighted by Crippen LogP contribution is -2.44. The van der Waals surface area contributed by atoms with Gasteiger partial charge in [-0.05, 0) is 49.9 Å². The second-order valence-electron chi connectivity index (χ2n) is 6.87. The molecule has 0 bridgehead atoms. The third kappa shape index (κ3) is 1.83. The highest BCUT2D eigenvalue weighted by atomic mass is 15.3. The number of para-hydroxylation sites is 1. The quantitative estimate of drug-likeness (QED) is 0.724. The second kappa shape index (κ2) is 5.12. The fourth-order valence-corrected chi connectivity index (χ4v) is 4.65. The van der Waals surface area contributed by atoms with Crippen molar-refractivity contribution in [1.82, 2.24) is 4.98 Å². The topological polar surface area (TPSA) is 16.1 Å². The van der Waals surface area contributed by atoms with Crippen molar-refractivity contribution < 1.29 is 0 Å². The fourth-order valence-electron chi connectivity index (χ4n) is 4.65. The molecular formula is C20H24N2. The van der Waals surface area contributed by atoms with Crippen molar-refractivity contribution in [1.29, 1.82) is 0 Å². The number of aryl methyl sites for hydroxylation is 1. The number of anilines is 1. The predicted octanol–water partition coefficient (Wildman–Crippen LogP) is 5.13. The van der Waals surface area contributed by atoms with Crippen LogP contribution in [0.25, 0.3) is 0 Å². The summed E-state index contributed by atoms with van der Waals surface area (Å²) < 4.78 is 0. The summed E-state index contributed by atoms with van der Waals surface area (Å²) >= 11 is 0. The van der Waals surface area contributed by atoms with Crippen molar-refractivity contribution in [3.05, 3.63) is 59.4 Å². The summed E-state index contributed by atoms with van der Waals surface area (Å²) in [6.45, 7) is 4.57. The van der Waals surface area contributed by atoms with E-state index in [0.717, 1.165) is 0 Å². The van der Waals surface area contributed by atoms with Gasteiger partial charge in [0.25, 0.3) is 0 Å². The first-order valence-electron chi connectivity index (χ1n) is 8.54. The zero-order valence-corrected chi connectivity index (χ0v) is 13.5. The van der Waals surface area contributed by atoms with Crippen LogP contribution < -0.4 is 4.90 Å². The first-order valence-corrected chi connectivity index (χ1v) is 8.54. The van der Waals surface area contributed by atoms with Crippen molar-refractivity contribution >= 4 is 5.69 Å². The summed E-state index contributed by atoms with van der Waals surface area (Å²) in [5, 5.41) is 0. The van der Waals surface area contributed by atoms with Crippen LogP contribution in [0.15, 0.2) is 42.6 Å². The average molecular weight is 292 g/mol. The minimum absolute atomic E-state index is 0.111. The molecule has 114 valence electrons. The van der Waals surface area contributed by atoms with Crippen LogP contribution in [-0.2, 0) is 5.54 Å². The molecule has 0 amide bonds. The number of nitrogens with zero attached hydrogens (tertiary/aromatic N) is 2. The van der Waals surface area contributed by atoms with Crippen LogP contribution in [0, 0.1) is 6.92 Å². The molecule has 1 atom stereocenters. The SMILES string of the molecule is Cc1ccccc1N1[C@@H](C)c2cccnc2C12CCCCC2. The zero-order valence-electron chi connectivity index (χ0n) is 13.5. The van der Waals surface area contributed by atoms with E-state index in [0.29, 0.717) is 6.04 Å². The number of pyridine rings is 1. The summed E-state index contributed by atoms with van der Waals surface area (Å²) in [5.41, 5.74) is 5.63. The van der Waals surface area contributed by atoms with Gasteiger partial charge >= 0.3 is 0 Å². The predicted molar refractivity (Wildman–Crippen MR) is 91.1 cm³/mol. The Morgan fingerprint density at radius 3 is 2.59 bits per heavy atom. The van der Waals surface area contributed by atoms with Crippen LogP contribution in [0.2, 0.25) is 0 Å². The number of rotatable bonds is 1. The van der Waals surface area contributed by atoms with E-state index >= 15 is 0 Å². The van der Waals surface area contributed by atoms with Crippen LogP contribution in [0.5, 0.6) is 0 Å². The van der Waals surface area contributed by atoms with Gasteiger partial charge in [-0.2, -0.15) is 0 Å². The molecule has 2 aromatic rings. The standard InChI is InChI=1S/C20H24N2/c1-15-9-4-5-11-18(15)22-16(2)17-10-8-14-21-19(17)20(22)12-6-3-7-13-20/h4-5,8-11,14,16H,3,6-7,12-13H2,1-2H3/t16-/m0/s1. The number of fused-ring (bicyclic) bond motifs is 2. The van der Waals surface area contributed by atoms with E-state index in [4.69, 9.17) is 4.98 Å². The Morgan fingerprint density at radius 2 is 1.82 bits per heavy atom. The van der Waals surface area contributed by atoms with Gasteiger partial charge < -0.3 is 4.90 Å². The Bertz CT molecular complexity index is 686. The number of hydrogen-bond donors (Lipinski definition) is 0. The van der Waals surface area contributed by atoms with Crippen molar-refractivity contribution in [2.45, 2.75) is 57.5 Å². The number of benzene rings is 1. The molecule has 0 saturated heterocycles. The van der Waals surface area contributed by atoms with E-state index in [9.17, 15) is 0 Å². The lowest BCUT2D eigenvalue weighted by Gasteiger charge is -2.45. The Labute approximate surface area is 133 Å². The molecule has 2 aliphatic rings. The molecule has 1 spiro atoms. The van der Waals surface area contributed by atoms with E-state index in [-0.39, 0.29) is 5.54 Å². The molecule has 1 aliphatic carbocycles. The Hall–Kier alpha value is -1.83. The van der Waals surface area contributed by atoms with Gasteiger partial charge in [0.1, 0.15) is 0 Å². The van der Waals surface area contributed by atoms with Gasteiger partial charge in [-0.15, -0.1) is 0 Å². The summed E-state index contributed by atoms with van der Waals surface area (Å²) in [6, 6.07) is 13.6. The van der Waals surface area contributed by atoms with Crippen LogP contribution in [0.3, 0.4) is 0 Å². The van der Waals surface area contributed by atoms with Gasteiger partial charge in [-0.25, -0.2) is 0 Å². The molecule has 2 heteroatoms. The van der Waals surface area contributed by atoms with E-state index in [2.05, 4.69) is 55.1 Å². The summed E-state index contributed by atoms with van der Waals surface area (Å²) in [6.07, 6.45) is 8.42. The molecule has 0 unspecified atom stereocenters. The molecule has 22 heavy (non-hydrogen) atoms. The summed E-state index contributed by atoms with van der Waals surface area (Å²) in [5.74, 6) is 0. The van der Waals surface area contributed by atoms with Gasteiger partial charge in [0.05, 0.1) is 17.3 Å². The molecule has 2 heterocycles. The van der Waals surface area contributed by atoms with E-state index in [1.165, 1.54) is 54.6 Å². The highest BCUT2D eigenvalue weighted by Crippen LogP contribution is 2.54. The fraction of sp³-hybridized carbons (Fsp3) is 0.450. The van der Waals surface area contributed by atoms with Crippen molar-refractivity contribution in [2.24, 2.45) is 0 Å². The van der Waals surface area contributed by atoms with Crippen LogP contribution in [-0.4, -0.2) is 4.98 Å². The van der Waals surface area contributed by atoms with Gasteiger partial charge in [-0.1, -0.05) is 43.5 Å².